The first-order chi connectivity index (χ1) is 19.2. The maximum atomic E-state index is 3.34. The van der Waals surface area contributed by atoms with Gasteiger partial charge in [-0.05, 0) is 117 Å². The minimum atomic E-state index is 0. The van der Waals surface area contributed by atoms with Crippen molar-refractivity contribution in [3.05, 3.63) is 151 Å². The quantitative estimate of drug-likeness (QED) is 0.171. The molecule has 5 aromatic rings. The Hall–Kier alpha value is -2.54. The van der Waals surface area contributed by atoms with E-state index in [1.165, 1.54) is 88.7 Å². The van der Waals surface area contributed by atoms with Crippen LogP contribution in [0.1, 0.15) is 77.9 Å². The second-order valence-corrected chi connectivity index (χ2v) is 12.1. The molecule has 0 bridgehead atoms. The Labute approximate surface area is 281 Å². The van der Waals surface area contributed by atoms with Gasteiger partial charge in [-0.15, -0.1) is 0 Å². The van der Waals surface area contributed by atoms with Crippen molar-refractivity contribution in [3.63, 3.8) is 0 Å². The minimum Gasteiger partial charge on any atom is -0.180 e. The summed E-state index contributed by atoms with van der Waals surface area (Å²) >= 11 is 0. The van der Waals surface area contributed by atoms with Gasteiger partial charge in [0.15, 0.2) is 0 Å². The number of benzene rings is 5. The average molecular weight is 630 g/mol. The van der Waals surface area contributed by atoms with Crippen LogP contribution in [-0.2, 0) is 39.1 Å². The largest absolute Gasteiger partial charge is 0.180 e. The zero-order valence-corrected chi connectivity index (χ0v) is 30.9. The third-order valence-corrected chi connectivity index (χ3v) is 8.53. The zero-order chi connectivity index (χ0) is 30.4. The van der Waals surface area contributed by atoms with E-state index in [1.807, 2.05) is 0 Å². The summed E-state index contributed by atoms with van der Waals surface area (Å²) in [6, 6.07) is 28.9. The Morgan fingerprint density at radius 3 is 0.833 bits per heavy atom. The Morgan fingerprint density at radius 2 is 0.571 bits per heavy atom. The first-order valence-electron chi connectivity index (χ1n) is 14.7. The monoisotopic (exact) mass is 629 g/mol. The summed E-state index contributed by atoms with van der Waals surface area (Å²) in [7, 11) is 0. The minimum absolute atomic E-state index is 0. The Balaban J connectivity index is 0.000000225. The molecular formula is C41H48Y-2. The van der Waals surface area contributed by atoms with E-state index in [-0.39, 0.29) is 32.7 Å². The summed E-state index contributed by atoms with van der Waals surface area (Å²) in [4.78, 5) is 0. The summed E-state index contributed by atoms with van der Waals surface area (Å²) in [5.41, 5.74) is 18.8. The van der Waals surface area contributed by atoms with Gasteiger partial charge in [-0.2, -0.15) is 69.8 Å². The van der Waals surface area contributed by atoms with Crippen molar-refractivity contribution < 1.29 is 32.7 Å². The van der Waals surface area contributed by atoms with Gasteiger partial charge in [-0.3, -0.25) is 0 Å². The molecule has 0 spiro atoms. The fourth-order valence-corrected chi connectivity index (χ4v) is 4.78. The molecule has 0 aliphatic heterocycles. The van der Waals surface area contributed by atoms with E-state index in [0.717, 1.165) is 6.42 Å². The maximum absolute atomic E-state index is 3.34. The van der Waals surface area contributed by atoms with Crippen molar-refractivity contribution in [2.45, 2.75) is 89.5 Å². The molecule has 217 valence electrons. The standard InChI is InChI=1S/C17H18.C14H16.C10H14.Y/c1-12-5-7-16(9-14(12)3)11-17-8-6-13(2)15(4)10-17;1-9-5-13-7-11(3)12(4)8-14(13)6-10(9)2;1-7-5-9(3)10(4)6-8(7)2;/h5-6,9-10H,11H2,1-4H3;5-8H,1-4H3;5-6H,1-4H3;/q-2;;;. The van der Waals surface area contributed by atoms with E-state index in [4.69, 9.17) is 0 Å². The van der Waals surface area contributed by atoms with Crippen LogP contribution in [-0.4, -0.2) is 0 Å². The summed E-state index contributed by atoms with van der Waals surface area (Å²) in [6.07, 6.45) is 0.919. The van der Waals surface area contributed by atoms with E-state index < -0.39 is 0 Å². The zero-order valence-electron chi connectivity index (χ0n) is 28.1. The van der Waals surface area contributed by atoms with Gasteiger partial charge < -0.3 is 0 Å². The fourth-order valence-electron chi connectivity index (χ4n) is 4.78. The smallest absolute Gasteiger partial charge is 0 e. The Morgan fingerprint density at radius 1 is 0.333 bits per heavy atom. The van der Waals surface area contributed by atoms with Crippen molar-refractivity contribution >= 4 is 10.8 Å². The van der Waals surface area contributed by atoms with E-state index in [1.54, 1.807) is 0 Å². The third-order valence-electron chi connectivity index (χ3n) is 8.53. The van der Waals surface area contributed by atoms with Gasteiger partial charge in [0.05, 0.1) is 0 Å². The topological polar surface area (TPSA) is 0 Å². The van der Waals surface area contributed by atoms with Crippen LogP contribution in [0.4, 0.5) is 0 Å². The molecule has 5 rings (SSSR count). The van der Waals surface area contributed by atoms with E-state index in [0.29, 0.717) is 0 Å². The maximum Gasteiger partial charge on any atom is 0 e. The van der Waals surface area contributed by atoms with Crippen LogP contribution in [0.3, 0.4) is 0 Å². The predicted molar refractivity (Wildman–Crippen MR) is 181 cm³/mol. The van der Waals surface area contributed by atoms with E-state index in [2.05, 4.69) is 156 Å². The van der Waals surface area contributed by atoms with Crippen molar-refractivity contribution in [2.24, 2.45) is 0 Å². The van der Waals surface area contributed by atoms with Gasteiger partial charge >= 0.3 is 0 Å². The molecular weight excluding hydrogens is 581 g/mol. The van der Waals surface area contributed by atoms with E-state index >= 15 is 0 Å². The Bertz CT molecular complexity index is 1480. The molecule has 0 N–H and O–H groups in total. The molecule has 0 aliphatic rings. The molecule has 0 heterocycles. The van der Waals surface area contributed by atoms with Crippen molar-refractivity contribution in [1.82, 2.24) is 0 Å². The normalized spacial score (nSPS) is 10.3. The van der Waals surface area contributed by atoms with Gasteiger partial charge in [0, 0.05) is 32.7 Å². The van der Waals surface area contributed by atoms with Crippen molar-refractivity contribution in [1.29, 1.82) is 0 Å². The molecule has 5 aromatic carbocycles. The van der Waals surface area contributed by atoms with Crippen molar-refractivity contribution in [3.8, 4) is 0 Å². The molecule has 0 nitrogen and oxygen atoms in total. The molecule has 1 radical (unpaired) electrons. The SMILES string of the molecule is Cc1c[c-]c(Cc2[c-]cc(C)c(C)c2)cc1C.Cc1cc(C)c(C)cc1C.Cc1cc2cc(C)c(C)cc2cc1C.[Y]. The van der Waals surface area contributed by atoms with Crippen LogP contribution in [0.15, 0.2) is 60.7 Å². The average Bonchev–Trinajstić information content (AvgIpc) is 2.90. The fraction of sp³-hybridized carbons (Fsp3) is 0.317. The van der Waals surface area contributed by atoms with Crippen LogP contribution >= 0.6 is 0 Å². The van der Waals surface area contributed by atoms with Crippen LogP contribution in [0.5, 0.6) is 0 Å². The van der Waals surface area contributed by atoms with Gasteiger partial charge in [0.2, 0.25) is 0 Å². The van der Waals surface area contributed by atoms with Gasteiger partial charge in [-0.25, -0.2) is 0 Å². The van der Waals surface area contributed by atoms with Crippen molar-refractivity contribution in [2.75, 3.05) is 0 Å². The molecule has 42 heavy (non-hydrogen) atoms. The summed E-state index contributed by atoms with van der Waals surface area (Å²) < 4.78 is 0. The number of aryl methyl sites for hydroxylation is 12. The number of hydrogen-bond acceptors (Lipinski definition) is 0. The number of rotatable bonds is 2. The summed E-state index contributed by atoms with van der Waals surface area (Å²) in [5.74, 6) is 0. The van der Waals surface area contributed by atoms with Crippen LogP contribution in [0, 0.1) is 95.2 Å². The summed E-state index contributed by atoms with van der Waals surface area (Å²) in [6.45, 7) is 25.8. The number of hydrogen-bond donors (Lipinski definition) is 0. The first-order valence-corrected chi connectivity index (χ1v) is 14.7. The predicted octanol–water partition coefficient (Wildman–Crippen LogP) is 11.1. The van der Waals surface area contributed by atoms with Crippen LogP contribution in [0.2, 0.25) is 0 Å². The van der Waals surface area contributed by atoms with Gasteiger partial charge in [-0.1, -0.05) is 64.1 Å². The first kappa shape index (κ1) is 35.7. The third kappa shape index (κ3) is 9.75. The van der Waals surface area contributed by atoms with Gasteiger partial charge in [0.1, 0.15) is 0 Å². The second kappa shape index (κ2) is 15.8. The second-order valence-electron chi connectivity index (χ2n) is 12.1. The summed E-state index contributed by atoms with van der Waals surface area (Å²) in [5, 5.41) is 2.72. The molecule has 0 atom stereocenters. The van der Waals surface area contributed by atoms with Crippen LogP contribution < -0.4 is 0 Å². The molecule has 0 aromatic heterocycles. The molecule has 0 saturated carbocycles. The van der Waals surface area contributed by atoms with E-state index in [9.17, 15) is 0 Å². The molecule has 0 aliphatic carbocycles. The Kier molecular flexibility index (Phi) is 13.4. The molecule has 0 saturated heterocycles. The molecule has 0 amide bonds. The molecule has 1 heteroatoms. The van der Waals surface area contributed by atoms with Crippen LogP contribution in [0.25, 0.3) is 10.8 Å². The number of fused-ring (bicyclic) bond motifs is 1. The van der Waals surface area contributed by atoms with Gasteiger partial charge in [0.25, 0.3) is 0 Å². The molecule has 0 fully saturated rings. The molecule has 0 unspecified atom stereocenters.